The molecule has 0 aromatic heterocycles. The summed E-state index contributed by atoms with van der Waals surface area (Å²) in [6, 6.07) is 7.24. The predicted octanol–water partition coefficient (Wildman–Crippen LogP) is 2.79. The van der Waals surface area contributed by atoms with E-state index in [4.69, 9.17) is 5.26 Å². The average molecular weight is 293 g/mol. The molecule has 2 rings (SSSR count). The molecule has 4 heteroatoms. The Hall–Kier alpha value is -1.34. The van der Waals surface area contributed by atoms with Crippen molar-refractivity contribution < 1.29 is 4.79 Å². The molecule has 1 atom stereocenters. The van der Waals surface area contributed by atoms with E-state index < -0.39 is 0 Å². The van der Waals surface area contributed by atoms with E-state index in [1.54, 1.807) is 6.07 Å². The average Bonchev–Trinajstić information content (AvgIpc) is 3.13. The Morgan fingerprint density at radius 2 is 2.29 bits per heavy atom. The molecule has 3 nitrogen and oxygen atoms in total. The fourth-order valence-electron chi connectivity index (χ4n) is 1.70. The second-order valence-electron chi connectivity index (χ2n) is 4.38. The summed E-state index contributed by atoms with van der Waals surface area (Å²) in [5.74, 6) is 0.180. The molecule has 1 aromatic carbocycles. The number of nitrogens with zero attached hydrogens (tertiary/aromatic N) is 1. The molecule has 1 aliphatic carbocycles. The monoisotopic (exact) mass is 292 g/mol. The lowest BCUT2D eigenvalue weighted by atomic mass is 10.1. The van der Waals surface area contributed by atoms with Crippen molar-refractivity contribution in [2.45, 2.75) is 25.8 Å². The standard InChI is InChI=1S/C13H13BrN2O/c1-8-6-10(4-5-11(8)14)13(17)16-12(7-15)9-2-3-9/h4-6,9,12H,2-3H2,1H3,(H,16,17). The molecule has 1 amide bonds. The van der Waals surface area contributed by atoms with Crippen molar-refractivity contribution >= 4 is 21.8 Å². The maximum Gasteiger partial charge on any atom is 0.252 e. The van der Waals surface area contributed by atoms with Crippen molar-refractivity contribution in [3.05, 3.63) is 33.8 Å². The van der Waals surface area contributed by atoms with Gasteiger partial charge in [-0.3, -0.25) is 4.79 Å². The molecule has 0 spiro atoms. The van der Waals surface area contributed by atoms with Gasteiger partial charge in [-0.05, 0) is 49.4 Å². The number of benzene rings is 1. The van der Waals surface area contributed by atoms with Crippen molar-refractivity contribution in [2.24, 2.45) is 5.92 Å². The Morgan fingerprint density at radius 3 is 2.82 bits per heavy atom. The van der Waals surface area contributed by atoms with Gasteiger partial charge in [0.1, 0.15) is 6.04 Å². The van der Waals surface area contributed by atoms with Gasteiger partial charge in [0.25, 0.3) is 5.91 Å². The van der Waals surface area contributed by atoms with E-state index in [1.165, 1.54) is 0 Å². The zero-order chi connectivity index (χ0) is 12.4. The molecule has 1 saturated carbocycles. The molecule has 17 heavy (non-hydrogen) atoms. The van der Waals surface area contributed by atoms with Crippen LogP contribution in [-0.2, 0) is 0 Å². The number of halogens is 1. The van der Waals surface area contributed by atoms with Crippen molar-refractivity contribution in [3.63, 3.8) is 0 Å². The number of nitrogens with one attached hydrogen (secondary N) is 1. The molecular formula is C13H13BrN2O. The molecule has 1 unspecified atom stereocenters. The highest BCUT2D eigenvalue weighted by atomic mass is 79.9. The highest BCUT2D eigenvalue weighted by Gasteiger charge is 2.32. The van der Waals surface area contributed by atoms with Crippen LogP contribution in [0.1, 0.15) is 28.8 Å². The second-order valence-corrected chi connectivity index (χ2v) is 5.24. The van der Waals surface area contributed by atoms with Crippen LogP contribution >= 0.6 is 15.9 Å². The Labute approximate surface area is 109 Å². The molecular weight excluding hydrogens is 280 g/mol. The van der Waals surface area contributed by atoms with E-state index in [0.29, 0.717) is 11.5 Å². The smallest absolute Gasteiger partial charge is 0.252 e. The number of hydrogen-bond acceptors (Lipinski definition) is 2. The molecule has 0 heterocycles. The number of amides is 1. The number of aryl methyl sites for hydroxylation is 1. The van der Waals surface area contributed by atoms with E-state index in [-0.39, 0.29) is 11.9 Å². The lowest BCUT2D eigenvalue weighted by Gasteiger charge is -2.11. The van der Waals surface area contributed by atoms with E-state index in [2.05, 4.69) is 27.3 Å². The summed E-state index contributed by atoms with van der Waals surface area (Å²) in [5.41, 5.74) is 1.61. The first-order chi connectivity index (χ1) is 8.11. The summed E-state index contributed by atoms with van der Waals surface area (Å²) in [7, 11) is 0. The van der Waals surface area contributed by atoms with Crippen LogP contribution in [0.25, 0.3) is 0 Å². The Morgan fingerprint density at radius 1 is 1.59 bits per heavy atom. The van der Waals surface area contributed by atoms with Gasteiger partial charge in [-0.2, -0.15) is 5.26 Å². The topological polar surface area (TPSA) is 52.9 Å². The van der Waals surface area contributed by atoms with Crippen molar-refractivity contribution in [3.8, 4) is 6.07 Å². The van der Waals surface area contributed by atoms with E-state index >= 15 is 0 Å². The molecule has 0 saturated heterocycles. The first kappa shape index (κ1) is 12.1. The van der Waals surface area contributed by atoms with Gasteiger partial charge in [0, 0.05) is 10.0 Å². The van der Waals surface area contributed by atoms with Crippen molar-refractivity contribution in [2.75, 3.05) is 0 Å². The fraction of sp³-hybridized carbons (Fsp3) is 0.385. The molecule has 1 aliphatic rings. The third-order valence-electron chi connectivity index (χ3n) is 2.94. The maximum absolute atomic E-state index is 11.9. The van der Waals surface area contributed by atoms with Crippen LogP contribution in [0.15, 0.2) is 22.7 Å². The van der Waals surface area contributed by atoms with Crippen LogP contribution in [0, 0.1) is 24.2 Å². The summed E-state index contributed by atoms with van der Waals surface area (Å²) in [6.07, 6.45) is 2.08. The first-order valence-electron chi connectivity index (χ1n) is 5.58. The number of nitriles is 1. The third kappa shape index (κ3) is 2.86. The Bertz CT molecular complexity index is 489. The molecule has 0 aliphatic heterocycles. The molecule has 1 aromatic rings. The lowest BCUT2D eigenvalue weighted by molar-refractivity contribution is 0.0942. The number of hydrogen-bond donors (Lipinski definition) is 1. The minimum absolute atomic E-state index is 0.168. The van der Waals surface area contributed by atoms with Gasteiger partial charge < -0.3 is 5.32 Å². The Kier molecular flexibility index (Phi) is 3.49. The molecule has 0 bridgehead atoms. The van der Waals surface area contributed by atoms with Crippen LogP contribution < -0.4 is 5.32 Å². The highest BCUT2D eigenvalue weighted by molar-refractivity contribution is 9.10. The summed E-state index contributed by atoms with van der Waals surface area (Å²) in [6.45, 7) is 1.93. The molecule has 1 N–H and O–H groups in total. The minimum Gasteiger partial charge on any atom is -0.336 e. The van der Waals surface area contributed by atoms with Crippen molar-refractivity contribution in [1.82, 2.24) is 5.32 Å². The summed E-state index contributed by atoms with van der Waals surface area (Å²) in [4.78, 5) is 11.9. The molecule has 88 valence electrons. The van der Waals surface area contributed by atoms with Crippen LogP contribution in [0.3, 0.4) is 0 Å². The van der Waals surface area contributed by atoms with Crippen LogP contribution in [-0.4, -0.2) is 11.9 Å². The third-order valence-corrected chi connectivity index (χ3v) is 3.83. The molecule has 0 radical (unpaired) electrons. The van der Waals surface area contributed by atoms with E-state index in [1.807, 2.05) is 19.1 Å². The second kappa shape index (κ2) is 4.89. The van der Waals surface area contributed by atoms with Gasteiger partial charge >= 0.3 is 0 Å². The maximum atomic E-state index is 11.9. The number of carbonyl (C=O) groups is 1. The summed E-state index contributed by atoms with van der Waals surface area (Å²) >= 11 is 3.39. The normalized spacial score (nSPS) is 16.1. The van der Waals surface area contributed by atoms with Gasteiger partial charge in [0.2, 0.25) is 0 Å². The summed E-state index contributed by atoms with van der Waals surface area (Å²) in [5, 5.41) is 11.7. The minimum atomic E-state index is -0.341. The fourth-order valence-corrected chi connectivity index (χ4v) is 1.94. The SMILES string of the molecule is Cc1cc(C(=O)NC(C#N)C2CC2)ccc1Br. The lowest BCUT2D eigenvalue weighted by Crippen LogP contribution is -2.35. The van der Waals surface area contributed by atoms with Crippen molar-refractivity contribution in [1.29, 1.82) is 5.26 Å². The van der Waals surface area contributed by atoms with Gasteiger partial charge in [0.05, 0.1) is 6.07 Å². The van der Waals surface area contributed by atoms with Crippen LogP contribution in [0.2, 0.25) is 0 Å². The largest absolute Gasteiger partial charge is 0.336 e. The van der Waals surface area contributed by atoms with Gasteiger partial charge in [-0.25, -0.2) is 0 Å². The summed E-state index contributed by atoms with van der Waals surface area (Å²) < 4.78 is 0.980. The van der Waals surface area contributed by atoms with Gasteiger partial charge in [-0.1, -0.05) is 15.9 Å². The number of carbonyl (C=O) groups excluding carboxylic acids is 1. The first-order valence-corrected chi connectivity index (χ1v) is 6.37. The zero-order valence-corrected chi connectivity index (χ0v) is 11.1. The van der Waals surface area contributed by atoms with Crippen LogP contribution in [0.4, 0.5) is 0 Å². The zero-order valence-electron chi connectivity index (χ0n) is 9.53. The van der Waals surface area contributed by atoms with Gasteiger partial charge in [0.15, 0.2) is 0 Å². The van der Waals surface area contributed by atoms with E-state index in [0.717, 1.165) is 22.9 Å². The predicted molar refractivity (Wildman–Crippen MR) is 68.5 cm³/mol. The Balaban J connectivity index is 2.08. The van der Waals surface area contributed by atoms with E-state index in [9.17, 15) is 4.79 Å². The quantitative estimate of drug-likeness (QED) is 0.931. The highest BCUT2D eigenvalue weighted by Crippen LogP contribution is 2.32. The van der Waals surface area contributed by atoms with Gasteiger partial charge in [-0.15, -0.1) is 0 Å². The van der Waals surface area contributed by atoms with Crippen LogP contribution in [0.5, 0.6) is 0 Å². The molecule has 1 fully saturated rings. The number of rotatable bonds is 3.